The quantitative estimate of drug-likeness (QED) is 0.743. The molecule has 0 aromatic heterocycles. The first kappa shape index (κ1) is 15.6. The van der Waals surface area contributed by atoms with Gasteiger partial charge in [-0.1, -0.05) is 0 Å². The number of halogens is 1. The smallest absolute Gasteiger partial charge is 0.335 e. The van der Waals surface area contributed by atoms with Gasteiger partial charge in [0, 0.05) is 11.6 Å². The van der Waals surface area contributed by atoms with Gasteiger partial charge in [-0.2, -0.15) is 0 Å². The molecule has 0 saturated heterocycles. The van der Waals surface area contributed by atoms with Crippen molar-refractivity contribution < 1.29 is 24.2 Å². The molecule has 0 atom stereocenters. The summed E-state index contributed by atoms with van der Waals surface area (Å²) in [7, 11) is 1.55. The van der Waals surface area contributed by atoms with Crippen LogP contribution in [0.5, 0.6) is 0 Å². The van der Waals surface area contributed by atoms with Crippen LogP contribution >= 0.6 is 15.9 Å². The molecule has 2 N–H and O–H groups in total. The molecule has 0 aliphatic carbocycles. The zero-order valence-electron chi connectivity index (χ0n) is 10.3. The number of methoxy groups -OCH3 is 1. The summed E-state index contributed by atoms with van der Waals surface area (Å²) in [5, 5.41) is 11.4. The molecule has 0 heterocycles. The number of aromatic carboxylic acids is 1. The van der Waals surface area contributed by atoms with Crippen molar-refractivity contribution in [1.29, 1.82) is 0 Å². The van der Waals surface area contributed by atoms with Crippen LogP contribution < -0.4 is 5.32 Å². The van der Waals surface area contributed by atoms with Gasteiger partial charge in [0.2, 0.25) is 5.91 Å². The molecule has 19 heavy (non-hydrogen) atoms. The Labute approximate surface area is 118 Å². The minimum absolute atomic E-state index is 0.0868. The molecule has 0 spiro atoms. The highest BCUT2D eigenvalue weighted by atomic mass is 79.9. The number of hydrogen-bond acceptors (Lipinski definition) is 4. The van der Waals surface area contributed by atoms with Crippen LogP contribution in [0, 0.1) is 0 Å². The summed E-state index contributed by atoms with van der Waals surface area (Å²) in [5.74, 6) is -1.35. The maximum absolute atomic E-state index is 11.5. The van der Waals surface area contributed by atoms with E-state index < -0.39 is 5.97 Å². The van der Waals surface area contributed by atoms with Crippen molar-refractivity contribution in [3.05, 3.63) is 28.2 Å². The van der Waals surface area contributed by atoms with Gasteiger partial charge in [0.1, 0.15) is 6.61 Å². The Morgan fingerprint density at radius 1 is 1.37 bits per heavy atom. The number of carboxylic acids is 1. The minimum Gasteiger partial charge on any atom is -0.478 e. The van der Waals surface area contributed by atoms with Gasteiger partial charge >= 0.3 is 5.97 Å². The number of hydrogen-bond donors (Lipinski definition) is 2. The van der Waals surface area contributed by atoms with Crippen molar-refractivity contribution in [2.75, 3.05) is 32.2 Å². The minimum atomic E-state index is -1.03. The molecule has 104 valence electrons. The third kappa shape index (κ3) is 5.37. The third-order valence-corrected chi connectivity index (χ3v) is 2.81. The first-order chi connectivity index (χ1) is 9.04. The van der Waals surface area contributed by atoms with Gasteiger partial charge in [-0.3, -0.25) is 4.79 Å². The van der Waals surface area contributed by atoms with Crippen molar-refractivity contribution in [2.45, 2.75) is 0 Å². The van der Waals surface area contributed by atoms with Crippen molar-refractivity contribution in [3.8, 4) is 0 Å². The van der Waals surface area contributed by atoms with Crippen molar-refractivity contribution in [1.82, 2.24) is 0 Å². The number of carbonyl (C=O) groups is 2. The van der Waals surface area contributed by atoms with E-state index in [0.29, 0.717) is 23.4 Å². The van der Waals surface area contributed by atoms with Crippen molar-refractivity contribution in [3.63, 3.8) is 0 Å². The summed E-state index contributed by atoms with van der Waals surface area (Å²) in [6.45, 7) is 0.670. The number of nitrogens with one attached hydrogen (secondary N) is 1. The number of carboxylic acid groups (broad SMARTS) is 1. The summed E-state index contributed by atoms with van der Waals surface area (Å²) in [4.78, 5) is 22.3. The largest absolute Gasteiger partial charge is 0.478 e. The average Bonchev–Trinajstić information content (AvgIpc) is 2.37. The Morgan fingerprint density at radius 3 is 2.68 bits per heavy atom. The van der Waals surface area contributed by atoms with Crippen LogP contribution in [0.1, 0.15) is 10.4 Å². The maximum Gasteiger partial charge on any atom is 0.335 e. The van der Waals surface area contributed by atoms with Crippen LogP contribution in [-0.2, 0) is 14.3 Å². The predicted molar refractivity (Wildman–Crippen MR) is 72.4 cm³/mol. The van der Waals surface area contributed by atoms with Gasteiger partial charge in [0.25, 0.3) is 0 Å². The van der Waals surface area contributed by atoms with E-state index in [1.165, 1.54) is 18.2 Å². The Hall–Kier alpha value is -1.44. The molecule has 7 heteroatoms. The second-order valence-electron chi connectivity index (χ2n) is 3.59. The number of ether oxygens (including phenoxy) is 2. The summed E-state index contributed by atoms with van der Waals surface area (Å²) in [5.41, 5.74) is 0.631. The zero-order chi connectivity index (χ0) is 14.3. The Bertz CT molecular complexity index is 463. The SMILES string of the molecule is COCCOCC(=O)Nc1ccc(C(=O)O)cc1Br. The highest BCUT2D eigenvalue weighted by Crippen LogP contribution is 2.23. The molecule has 1 aromatic carbocycles. The fraction of sp³-hybridized carbons (Fsp3) is 0.333. The number of anilines is 1. The lowest BCUT2D eigenvalue weighted by Gasteiger charge is -2.08. The Balaban J connectivity index is 2.52. The van der Waals surface area contributed by atoms with Crippen LogP contribution in [0.4, 0.5) is 5.69 Å². The third-order valence-electron chi connectivity index (χ3n) is 2.16. The van der Waals surface area contributed by atoms with Gasteiger partial charge in [-0.05, 0) is 34.1 Å². The molecular weight excluding hydrogens is 318 g/mol. The molecule has 6 nitrogen and oxygen atoms in total. The van der Waals surface area contributed by atoms with Gasteiger partial charge in [-0.25, -0.2) is 4.79 Å². The van der Waals surface area contributed by atoms with Crippen molar-refractivity contribution >= 4 is 33.5 Å². The van der Waals surface area contributed by atoms with E-state index in [-0.39, 0.29) is 18.1 Å². The molecule has 1 aromatic rings. The molecule has 0 unspecified atom stereocenters. The Kier molecular flexibility index (Phi) is 6.48. The van der Waals surface area contributed by atoms with Gasteiger partial charge in [0.15, 0.2) is 0 Å². The summed E-state index contributed by atoms with van der Waals surface area (Å²) >= 11 is 3.20. The zero-order valence-corrected chi connectivity index (χ0v) is 11.9. The highest BCUT2D eigenvalue weighted by Gasteiger charge is 2.09. The molecule has 0 radical (unpaired) electrons. The number of rotatable bonds is 7. The topological polar surface area (TPSA) is 84.9 Å². The fourth-order valence-electron chi connectivity index (χ4n) is 1.24. The molecule has 1 rings (SSSR count). The number of amides is 1. The van der Waals surface area contributed by atoms with E-state index in [9.17, 15) is 9.59 Å². The molecule has 0 bridgehead atoms. The monoisotopic (exact) mass is 331 g/mol. The second-order valence-corrected chi connectivity index (χ2v) is 4.45. The lowest BCUT2D eigenvalue weighted by atomic mass is 10.2. The number of carbonyl (C=O) groups excluding carboxylic acids is 1. The van der Waals surface area contributed by atoms with Crippen LogP contribution in [0.15, 0.2) is 22.7 Å². The van der Waals surface area contributed by atoms with E-state index in [1.54, 1.807) is 7.11 Å². The summed E-state index contributed by atoms with van der Waals surface area (Å²) in [6, 6.07) is 4.35. The summed E-state index contributed by atoms with van der Waals surface area (Å²) in [6.07, 6.45) is 0. The average molecular weight is 332 g/mol. The molecule has 0 aliphatic heterocycles. The molecule has 1 amide bonds. The predicted octanol–water partition coefficient (Wildman–Crippen LogP) is 1.75. The molecule has 0 fully saturated rings. The van der Waals surface area contributed by atoms with Crippen LogP contribution in [0.2, 0.25) is 0 Å². The fourth-order valence-corrected chi connectivity index (χ4v) is 1.72. The molecule has 0 aliphatic rings. The van der Waals surface area contributed by atoms with Crippen LogP contribution in [0.25, 0.3) is 0 Å². The second kappa shape index (κ2) is 7.88. The Morgan fingerprint density at radius 2 is 2.11 bits per heavy atom. The van der Waals surface area contributed by atoms with E-state index in [4.69, 9.17) is 14.6 Å². The van der Waals surface area contributed by atoms with Crippen molar-refractivity contribution in [2.24, 2.45) is 0 Å². The molecular formula is C12H14BrNO5. The van der Waals surface area contributed by atoms with E-state index in [0.717, 1.165) is 0 Å². The normalized spacial score (nSPS) is 10.2. The first-order valence-corrected chi connectivity index (χ1v) is 6.23. The summed E-state index contributed by atoms with van der Waals surface area (Å²) < 4.78 is 10.3. The first-order valence-electron chi connectivity index (χ1n) is 5.44. The van der Waals surface area contributed by atoms with Crippen LogP contribution in [-0.4, -0.2) is 43.9 Å². The molecule has 0 saturated carbocycles. The van der Waals surface area contributed by atoms with Crippen LogP contribution in [0.3, 0.4) is 0 Å². The standard InChI is InChI=1S/C12H14BrNO5/c1-18-4-5-19-7-11(15)14-10-3-2-8(12(16)17)6-9(10)13/h2-3,6H,4-5,7H2,1H3,(H,14,15)(H,16,17). The van der Waals surface area contributed by atoms with E-state index >= 15 is 0 Å². The van der Waals surface area contributed by atoms with E-state index in [2.05, 4.69) is 21.2 Å². The lowest BCUT2D eigenvalue weighted by molar-refractivity contribution is -0.121. The van der Waals surface area contributed by atoms with Gasteiger partial charge in [-0.15, -0.1) is 0 Å². The lowest BCUT2D eigenvalue weighted by Crippen LogP contribution is -2.20. The van der Waals surface area contributed by atoms with Gasteiger partial charge < -0.3 is 19.9 Å². The van der Waals surface area contributed by atoms with E-state index in [1.807, 2.05) is 0 Å². The maximum atomic E-state index is 11.5. The highest BCUT2D eigenvalue weighted by molar-refractivity contribution is 9.10. The van der Waals surface area contributed by atoms with Gasteiger partial charge in [0.05, 0.1) is 24.5 Å². The number of benzene rings is 1.